The van der Waals surface area contributed by atoms with Crippen molar-refractivity contribution in [1.82, 2.24) is 9.13 Å². The van der Waals surface area contributed by atoms with Crippen LogP contribution in [0, 0.1) is 11.8 Å². The first-order chi connectivity index (χ1) is 37.2. The van der Waals surface area contributed by atoms with Gasteiger partial charge in [0.2, 0.25) is 0 Å². The Balaban J connectivity index is 0.000000228. The molecule has 80 heavy (non-hydrogen) atoms. The zero-order chi connectivity index (χ0) is 57.3. The molecular formula is C66H83N3O7S2Si2. The molecule has 1 aliphatic heterocycles. The lowest BCUT2D eigenvalue weighted by Gasteiger charge is -2.43. The molecule has 0 bridgehead atoms. The van der Waals surface area contributed by atoms with Crippen molar-refractivity contribution in [2.75, 3.05) is 19.1 Å². The number of hydrogen-bond acceptors (Lipinski definition) is 8. The lowest BCUT2D eigenvalue weighted by Crippen LogP contribution is -2.66. The van der Waals surface area contributed by atoms with Crippen LogP contribution < -0.4 is 20.7 Å². The zero-order valence-electron chi connectivity index (χ0n) is 48.4. The molecule has 2 aromatic heterocycles. The number of nitrogens with zero attached hydrogens (tertiary/aromatic N) is 3. The minimum Gasteiger partial charge on any atom is -0.403 e. The molecule has 0 aliphatic carbocycles. The summed E-state index contributed by atoms with van der Waals surface area (Å²) in [6.45, 7) is 25.9. The highest BCUT2D eigenvalue weighted by atomic mass is 32.2. The molecule has 0 spiro atoms. The predicted octanol–water partition coefficient (Wildman–Crippen LogP) is 12.6. The van der Waals surface area contributed by atoms with Crippen molar-refractivity contribution >= 4 is 90.4 Å². The van der Waals surface area contributed by atoms with Crippen LogP contribution in [0.4, 0.5) is 0 Å². The minimum absolute atomic E-state index is 0. The lowest BCUT2D eigenvalue weighted by molar-refractivity contribution is 0.0930. The van der Waals surface area contributed by atoms with E-state index >= 15 is 0 Å². The highest BCUT2D eigenvalue weighted by molar-refractivity contribution is 7.91. The number of benzene rings is 6. The fraction of sp³-hybridized carbons (Fsp3) is 0.364. The van der Waals surface area contributed by atoms with Gasteiger partial charge in [0, 0.05) is 53.3 Å². The maximum absolute atomic E-state index is 13.2. The van der Waals surface area contributed by atoms with Gasteiger partial charge in [-0.2, -0.15) is 0 Å². The summed E-state index contributed by atoms with van der Waals surface area (Å²) in [6.07, 6.45) is 3.37. The van der Waals surface area contributed by atoms with Crippen molar-refractivity contribution in [1.29, 1.82) is 0 Å². The maximum Gasteiger partial charge on any atom is 0.261 e. The number of carbonyl (C=O) groups is 1. The van der Waals surface area contributed by atoms with Crippen molar-refractivity contribution in [3.05, 3.63) is 180 Å². The van der Waals surface area contributed by atoms with Gasteiger partial charge in [-0.3, -0.25) is 9.79 Å². The van der Waals surface area contributed by atoms with E-state index in [1.807, 2.05) is 91.2 Å². The number of rotatable bonds is 17. The summed E-state index contributed by atoms with van der Waals surface area (Å²) < 4.78 is 71.0. The molecule has 424 valence electrons. The van der Waals surface area contributed by atoms with Gasteiger partial charge in [0.1, 0.15) is 0 Å². The summed E-state index contributed by atoms with van der Waals surface area (Å²) >= 11 is 0. The van der Waals surface area contributed by atoms with Crippen LogP contribution in [-0.4, -0.2) is 73.2 Å². The molecule has 0 saturated heterocycles. The average molecular weight is 1150 g/mol. The fourth-order valence-electron chi connectivity index (χ4n) is 11.7. The van der Waals surface area contributed by atoms with Crippen LogP contribution in [0.25, 0.3) is 21.8 Å². The fourth-order valence-corrected chi connectivity index (χ4v) is 22.6. The van der Waals surface area contributed by atoms with Gasteiger partial charge in [0.05, 0.1) is 46.6 Å². The van der Waals surface area contributed by atoms with Crippen molar-refractivity contribution in [2.24, 2.45) is 16.8 Å². The topological polar surface area (TPSA) is 126 Å². The highest BCUT2D eigenvalue weighted by Gasteiger charge is 2.51. The summed E-state index contributed by atoms with van der Waals surface area (Å²) in [5.74, 6) is 0.184. The Morgan fingerprint density at radius 1 is 0.588 bits per heavy atom. The number of fused-ring (bicyclic) bond motifs is 4. The molecule has 0 saturated carbocycles. The number of aryl methyl sites for hydroxylation is 1. The van der Waals surface area contributed by atoms with E-state index in [4.69, 9.17) is 13.8 Å². The number of aromatic nitrogens is 2. The number of hydrogen-bond donors (Lipinski definition) is 0. The number of sulfone groups is 2. The van der Waals surface area contributed by atoms with Crippen LogP contribution in [0.3, 0.4) is 0 Å². The van der Waals surface area contributed by atoms with Crippen molar-refractivity contribution in [3.8, 4) is 0 Å². The van der Waals surface area contributed by atoms with Gasteiger partial charge in [-0.25, -0.2) is 16.8 Å². The van der Waals surface area contributed by atoms with Crippen LogP contribution in [0.1, 0.15) is 117 Å². The quantitative estimate of drug-likeness (QED) is 0.0656. The molecule has 0 radical (unpaired) electrons. The number of ketones is 1. The average Bonchev–Trinajstić information content (AvgIpc) is 4.02. The van der Waals surface area contributed by atoms with E-state index in [1.165, 1.54) is 22.9 Å². The first-order valence-electron chi connectivity index (χ1n) is 27.6. The van der Waals surface area contributed by atoms with Gasteiger partial charge in [0.15, 0.2) is 25.5 Å². The van der Waals surface area contributed by atoms with E-state index in [9.17, 15) is 21.6 Å². The molecule has 0 N–H and O–H groups in total. The maximum atomic E-state index is 13.2. The molecule has 0 atom stereocenters. The summed E-state index contributed by atoms with van der Waals surface area (Å²) in [6, 6.07) is 53.1. The van der Waals surface area contributed by atoms with E-state index in [-0.39, 0.29) is 47.3 Å². The number of carbonyl (C=O) groups excluding carboxylic acids is 1. The standard InChI is InChI=1S/C33H41NO4SSi.C32H38N2O3SSi.CH4/c1-8-19-34-29-22-31(39(7,36)37)26(20-25(29)21-30(34)32(35)24(2)3)23-38-40(33(4,5)6,27-15-11-9-12-16-27)28-17-13-10-14-18-28;1-23(2)31-29-20-24-19-25(30(38(6,35)36)21-28(24)34(29)18-17-33-31)22-37-39(32(3,4)5,26-13-9-7-10-14-26)27-15-11-8-12-16-27;/h9-18,20-22,24H,8,19,23H2,1-7H3;7-16,19-21,23H,17-18,22H2,1-6H3;1H4. The smallest absolute Gasteiger partial charge is 0.261 e. The summed E-state index contributed by atoms with van der Waals surface area (Å²) in [4.78, 5) is 18.5. The summed E-state index contributed by atoms with van der Waals surface area (Å²) in [5.41, 5.74) is 5.79. The molecule has 8 aromatic rings. The van der Waals surface area contributed by atoms with Crippen LogP contribution in [0.5, 0.6) is 0 Å². The van der Waals surface area contributed by atoms with Crippen LogP contribution in [0.15, 0.2) is 173 Å². The Hall–Kier alpha value is -6.01. The molecule has 3 heterocycles. The van der Waals surface area contributed by atoms with Gasteiger partial charge in [0.25, 0.3) is 16.6 Å². The second kappa shape index (κ2) is 24.2. The van der Waals surface area contributed by atoms with E-state index < -0.39 is 36.3 Å². The third kappa shape index (κ3) is 12.1. The van der Waals surface area contributed by atoms with Crippen LogP contribution >= 0.6 is 0 Å². The van der Waals surface area contributed by atoms with E-state index in [0.717, 1.165) is 56.6 Å². The van der Waals surface area contributed by atoms with E-state index in [1.54, 1.807) is 6.07 Å². The largest absolute Gasteiger partial charge is 0.403 e. The van der Waals surface area contributed by atoms with Gasteiger partial charge in [-0.1, -0.05) is 205 Å². The molecule has 1 aliphatic rings. The Bertz CT molecular complexity index is 3650. The first kappa shape index (κ1) is 61.6. The lowest BCUT2D eigenvalue weighted by atomic mass is 10.0. The molecule has 6 aromatic carbocycles. The molecule has 9 rings (SSSR count). The minimum atomic E-state index is -3.58. The second-order valence-electron chi connectivity index (χ2n) is 23.8. The molecule has 0 unspecified atom stereocenters. The SMILES string of the molecule is C.CC(C)C1=NCCn2c1cc1cc(CO[Si](c3ccccc3)(c3ccccc3)C(C)(C)C)c(S(C)(=O)=O)cc12.CCCn1c(C(=O)C(C)C)cc2cc(CO[Si](c3ccccc3)(c3ccccc3)C(C)(C)C)c(S(C)(=O)=O)cc21. The summed E-state index contributed by atoms with van der Waals surface area (Å²) in [7, 11) is -12.8. The molecule has 0 amide bonds. The zero-order valence-corrected chi connectivity index (χ0v) is 52.1. The Morgan fingerprint density at radius 2 is 0.975 bits per heavy atom. The third-order valence-electron chi connectivity index (χ3n) is 15.3. The number of Topliss-reactive ketones (excluding diaryl/α,β-unsaturated/α-hetero) is 1. The van der Waals surface area contributed by atoms with Crippen molar-refractivity contribution in [3.63, 3.8) is 0 Å². The van der Waals surface area contributed by atoms with Gasteiger partial charge < -0.3 is 18.0 Å². The van der Waals surface area contributed by atoms with Crippen LogP contribution in [0.2, 0.25) is 10.1 Å². The van der Waals surface area contributed by atoms with Crippen molar-refractivity contribution in [2.45, 2.75) is 136 Å². The monoisotopic (exact) mass is 1150 g/mol. The van der Waals surface area contributed by atoms with E-state index in [2.05, 4.69) is 146 Å². The predicted molar refractivity (Wildman–Crippen MR) is 337 cm³/mol. The highest BCUT2D eigenvalue weighted by Crippen LogP contribution is 2.40. The Kier molecular flexibility index (Phi) is 18.6. The normalized spacial score (nSPS) is 13.5. The molecule has 14 heteroatoms. The van der Waals surface area contributed by atoms with Crippen LogP contribution in [-0.2, 0) is 54.8 Å². The Morgan fingerprint density at radius 3 is 1.32 bits per heavy atom. The molecular weight excluding hydrogens is 1070 g/mol. The Labute approximate surface area is 479 Å². The molecule has 0 fully saturated rings. The van der Waals surface area contributed by atoms with Crippen molar-refractivity contribution < 1.29 is 30.5 Å². The first-order valence-corrected chi connectivity index (χ1v) is 35.2. The second-order valence-corrected chi connectivity index (χ2v) is 36.4. The van der Waals surface area contributed by atoms with Gasteiger partial charge in [-0.05, 0) is 90.7 Å². The summed E-state index contributed by atoms with van der Waals surface area (Å²) in [5, 5.41) is 6.03. The van der Waals surface area contributed by atoms with E-state index in [0.29, 0.717) is 40.7 Å². The number of aliphatic imine (C=N–C) groups is 1. The van der Waals surface area contributed by atoms with Gasteiger partial charge in [-0.15, -0.1) is 0 Å². The third-order valence-corrected chi connectivity index (χ3v) is 27.7. The molecule has 10 nitrogen and oxygen atoms in total. The van der Waals surface area contributed by atoms with Gasteiger partial charge >= 0.3 is 0 Å².